The van der Waals surface area contributed by atoms with Gasteiger partial charge in [0.05, 0.1) is 11.4 Å². The molecule has 4 heterocycles. The number of fused-ring (bicyclic) bond motifs is 12. The van der Waals surface area contributed by atoms with E-state index in [0.29, 0.717) is 11.8 Å². The molecule has 4 bridgehead atoms. The summed E-state index contributed by atoms with van der Waals surface area (Å²) in [6.45, 7) is 14.3. The van der Waals surface area contributed by atoms with Crippen LogP contribution in [0.1, 0.15) is 102 Å². The third-order valence-electron chi connectivity index (χ3n) is 13.5. The van der Waals surface area contributed by atoms with Gasteiger partial charge in [-0.3, -0.25) is 9.97 Å². The number of hydrogen-bond donors (Lipinski definition) is 0. The Hall–Kier alpha value is -3.63. The number of aromatic nitrogens is 6. The fourth-order valence-corrected chi connectivity index (χ4v) is 9.94. The van der Waals surface area contributed by atoms with Crippen molar-refractivity contribution < 1.29 is 21.1 Å². The second-order valence-corrected chi connectivity index (χ2v) is 15.7. The Morgan fingerprint density at radius 3 is 1.40 bits per heavy atom. The molecule has 6 aromatic rings. The molecule has 0 aliphatic heterocycles. The van der Waals surface area contributed by atoms with Crippen LogP contribution in [-0.4, -0.2) is 20.2 Å². The second-order valence-electron chi connectivity index (χ2n) is 15.7. The first kappa shape index (κ1) is 30.7. The van der Waals surface area contributed by atoms with Crippen LogP contribution in [0.25, 0.3) is 44.3 Å². The number of benzene rings is 2. The zero-order valence-electron chi connectivity index (χ0n) is 27.9. The van der Waals surface area contributed by atoms with Crippen molar-refractivity contribution in [2.45, 2.75) is 89.9 Å². The van der Waals surface area contributed by atoms with Gasteiger partial charge in [-0.25, -0.2) is 0 Å². The molecule has 0 amide bonds. The van der Waals surface area contributed by atoms with Crippen molar-refractivity contribution in [1.29, 1.82) is 0 Å². The van der Waals surface area contributed by atoms with Crippen molar-refractivity contribution in [3.8, 4) is 22.8 Å². The average Bonchev–Trinajstić information content (AvgIpc) is 3.85. The van der Waals surface area contributed by atoms with Gasteiger partial charge in [0.15, 0.2) is 0 Å². The number of hydrogen-bond acceptors (Lipinski definition) is 4. The van der Waals surface area contributed by atoms with Gasteiger partial charge in [0.25, 0.3) is 0 Å². The standard InChI is InChI=1S/2C20H20N3.Pt/c2*1-19(2)14-8-10-20(19,3)18-15(14)17(22-23-18)16-13-7-5-4-6-12(13)9-11-21-16;/h2*4-7,9,11,14H,8,10H2,1-3H3;/q2*-1;+2. The summed E-state index contributed by atoms with van der Waals surface area (Å²) >= 11 is 0. The molecule has 0 radical (unpaired) electrons. The van der Waals surface area contributed by atoms with Crippen LogP contribution >= 0.6 is 0 Å². The van der Waals surface area contributed by atoms with Gasteiger partial charge < -0.3 is 20.4 Å². The molecule has 4 atom stereocenters. The van der Waals surface area contributed by atoms with E-state index in [2.05, 4.69) is 133 Å². The summed E-state index contributed by atoms with van der Waals surface area (Å²) in [5.74, 6) is 1.10. The van der Waals surface area contributed by atoms with Crippen molar-refractivity contribution in [1.82, 2.24) is 30.4 Å². The second kappa shape index (κ2) is 10.2. The van der Waals surface area contributed by atoms with Crippen molar-refractivity contribution in [2.75, 3.05) is 0 Å². The van der Waals surface area contributed by atoms with Gasteiger partial charge >= 0.3 is 21.1 Å². The van der Waals surface area contributed by atoms with Crippen LogP contribution in [0.15, 0.2) is 73.1 Å². The molecule has 2 aromatic carbocycles. The van der Waals surface area contributed by atoms with E-state index < -0.39 is 0 Å². The molecule has 0 N–H and O–H groups in total. The Balaban J connectivity index is 0.000000135. The van der Waals surface area contributed by atoms with Crippen molar-refractivity contribution in [3.05, 3.63) is 95.6 Å². The molecule has 4 aliphatic rings. The Morgan fingerprint density at radius 2 is 0.979 bits per heavy atom. The van der Waals surface area contributed by atoms with E-state index in [1.807, 2.05) is 12.4 Å². The van der Waals surface area contributed by atoms with Gasteiger partial charge in [0.2, 0.25) is 0 Å². The predicted molar refractivity (Wildman–Crippen MR) is 183 cm³/mol. The molecular formula is C40H40N6Pt. The molecule has 4 aliphatic carbocycles. The number of pyridine rings is 2. The predicted octanol–water partition coefficient (Wildman–Crippen LogP) is 8.86. The maximum atomic E-state index is 4.68. The largest absolute Gasteiger partial charge is 2.00 e. The van der Waals surface area contributed by atoms with Gasteiger partial charge in [0, 0.05) is 45.4 Å². The van der Waals surface area contributed by atoms with E-state index in [1.54, 1.807) is 0 Å². The minimum Gasteiger partial charge on any atom is -0.573 e. The fraction of sp³-hybridized carbons (Fsp3) is 0.400. The molecule has 240 valence electrons. The van der Waals surface area contributed by atoms with Gasteiger partial charge in [0.1, 0.15) is 0 Å². The molecule has 6 nitrogen and oxygen atoms in total. The van der Waals surface area contributed by atoms with Gasteiger partial charge in [-0.05, 0) is 82.4 Å². The van der Waals surface area contributed by atoms with E-state index >= 15 is 0 Å². The third-order valence-corrected chi connectivity index (χ3v) is 13.5. The van der Waals surface area contributed by atoms with Crippen molar-refractivity contribution in [2.24, 2.45) is 10.8 Å². The van der Waals surface area contributed by atoms with Gasteiger partial charge in [-0.2, -0.15) is 0 Å². The Kier molecular flexibility index (Phi) is 6.65. The van der Waals surface area contributed by atoms with Gasteiger partial charge in [-0.1, -0.05) is 101 Å². The first-order chi connectivity index (χ1) is 22.1. The first-order valence-electron chi connectivity index (χ1n) is 16.8. The SMILES string of the molecule is CC12CCC(c3c1n[n-]c3-c1nccc3ccccc13)C2(C)C.CC12CCC(c3c1n[n-]c3-c1nccc3ccccc13)C2(C)C.[Pt+2]. The van der Waals surface area contributed by atoms with Crippen LogP contribution in [-0.2, 0) is 31.9 Å². The summed E-state index contributed by atoms with van der Waals surface area (Å²) in [7, 11) is 0. The Bertz CT molecular complexity index is 2030. The normalized spacial score (nSPS) is 26.9. The van der Waals surface area contributed by atoms with Crippen LogP contribution in [0.3, 0.4) is 0 Å². The molecule has 2 fully saturated rings. The summed E-state index contributed by atoms with van der Waals surface area (Å²) in [6, 6.07) is 20.9. The molecule has 0 saturated heterocycles. The minimum atomic E-state index is 0. The van der Waals surface area contributed by atoms with Crippen LogP contribution in [0, 0.1) is 10.8 Å². The average molecular weight is 800 g/mol. The van der Waals surface area contributed by atoms with E-state index in [1.165, 1.54) is 69.7 Å². The smallest absolute Gasteiger partial charge is 0.573 e. The fourth-order valence-electron chi connectivity index (χ4n) is 9.94. The van der Waals surface area contributed by atoms with Crippen LogP contribution in [0.2, 0.25) is 0 Å². The topological polar surface area (TPSA) is 79.8 Å². The Morgan fingerprint density at radius 1 is 0.574 bits per heavy atom. The quantitative estimate of drug-likeness (QED) is 0.174. The van der Waals surface area contributed by atoms with E-state index in [-0.39, 0.29) is 42.7 Å². The van der Waals surface area contributed by atoms with E-state index in [9.17, 15) is 0 Å². The van der Waals surface area contributed by atoms with E-state index in [4.69, 9.17) is 0 Å². The van der Waals surface area contributed by atoms with Crippen LogP contribution < -0.4 is 10.2 Å². The molecule has 47 heavy (non-hydrogen) atoms. The maximum Gasteiger partial charge on any atom is 2.00 e. The van der Waals surface area contributed by atoms with E-state index in [0.717, 1.165) is 22.8 Å². The molecule has 2 saturated carbocycles. The maximum absolute atomic E-state index is 4.68. The number of rotatable bonds is 2. The van der Waals surface area contributed by atoms with Crippen molar-refractivity contribution >= 4 is 21.5 Å². The van der Waals surface area contributed by atoms with Crippen LogP contribution in [0.5, 0.6) is 0 Å². The summed E-state index contributed by atoms with van der Waals surface area (Å²) in [4.78, 5) is 9.36. The summed E-state index contributed by atoms with van der Waals surface area (Å²) in [6.07, 6.45) is 8.69. The summed E-state index contributed by atoms with van der Waals surface area (Å²) in [5.41, 5.74) is 10.0. The minimum absolute atomic E-state index is 0. The summed E-state index contributed by atoms with van der Waals surface area (Å²) in [5, 5.41) is 23.2. The molecule has 10 rings (SSSR count). The zero-order valence-corrected chi connectivity index (χ0v) is 30.2. The van der Waals surface area contributed by atoms with Crippen molar-refractivity contribution in [3.63, 3.8) is 0 Å². The number of nitrogens with zero attached hydrogens (tertiary/aromatic N) is 6. The van der Waals surface area contributed by atoms with Gasteiger partial charge in [-0.15, -0.1) is 0 Å². The first-order valence-corrected chi connectivity index (χ1v) is 16.8. The molecule has 0 spiro atoms. The summed E-state index contributed by atoms with van der Waals surface area (Å²) < 4.78 is 0. The molecule has 7 heteroatoms. The Labute approximate surface area is 290 Å². The third kappa shape index (κ3) is 3.82. The van der Waals surface area contributed by atoms with Crippen LogP contribution in [0.4, 0.5) is 0 Å². The zero-order chi connectivity index (χ0) is 31.6. The monoisotopic (exact) mass is 799 g/mol. The molecule has 4 aromatic heterocycles. The molecular weight excluding hydrogens is 760 g/mol. The molecule has 4 unspecified atom stereocenters.